The molecule has 0 bridgehead atoms. The minimum absolute atomic E-state index is 0.180. The molecule has 0 unspecified atom stereocenters. The number of fused-ring (bicyclic) bond motifs is 2. The Labute approximate surface area is 198 Å². The van der Waals surface area contributed by atoms with Crippen LogP contribution in [0.15, 0.2) is 85.2 Å². The van der Waals surface area contributed by atoms with Gasteiger partial charge in [-0.15, -0.1) is 0 Å². The van der Waals surface area contributed by atoms with Crippen LogP contribution in [0, 0.1) is 0 Å². The molecule has 0 aliphatic rings. The number of para-hydroxylation sites is 2. The van der Waals surface area contributed by atoms with Gasteiger partial charge in [-0.3, -0.25) is 0 Å². The lowest BCUT2D eigenvalue weighted by atomic mass is 9.84. The molecule has 5 aromatic rings. The molecule has 8 nitrogen and oxygen atoms in total. The molecule has 35 heavy (non-hydrogen) atoms. The van der Waals surface area contributed by atoms with Crippen LogP contribution in [0.5, 0.6) is 23.0 Å². The third kappa shape index (κ3) is 3.56. The lowest BCUT2D eigenvalue weighted by molar-refractivity contribution is 0.354. The van der Waals surface area contributed by atoms with Crippen LogP contribution < -0.4 is 20.7 Å². The summed E-state index contributed by atoms with van der Waals surface area (Å²) >= 11 is 0. The second kappa shape index (κ2) is 8.57. The van der Waals surface area contributed by atoms with Crippen molar-refractivity contribution in [2.75, 3.05) is 14.2 Å². The summed E-state index contributed by atoms with van der Waals surface area (Å²) in [5.74, 6) is -1.26. The van der Waals surface area contributed by atoms with Crippen LogP contribution in [0.25, 0.3) is 21.9 Å². The Hall–Kier alpha value is -4.72. The van der Waals surface area contributed by atoms with Gasteiger partial charge in [-0.1, -0.05) is 30.3 Å². The average Bonchev–Trinajstić information content (AvgIpc) is 2.87. The van der Waals surface area contributed by atoms with Crippen molar-refractivity contribution >= 4 is 21.9 Å². The van der Waals surface area contributed by atoms with Crippen LogP contribution in [0.3, 0.4) is 0 Å². The quantitative estimate of drug-likeness (QED) is 0.359. The maximum Gasteiger partial charge on any atom is 0.344 e. The average molecular weight is 472 g/mol. The normalized spacial score (nSPS) is 11.3. The molecule has 0 aliphatic heterocycles. The first-order valence-corrected chi connectivity index (χ1v) is 10.7. The zero-order valence-corrected chi connectivity index (χ0v) is 18.8. The Morgan fingerprint density at radius 1 is 0.686 bits per heavy atom. The number of hydrogen-bond acceptors (Lipinski definition) is 8. The van der Waals surface area contributed by atoms with E-state index in [9.17, 15) is 19.8 Å². The summed E-state index contributed by atoms with van der Waals surface area (Å²) in [4.78, 5) is 26.4. The second-order valence-electron chi connectivity index (χ2n) is 7.84. The summed E-state index contributed by atoms with van der Waals surface area (Å²) in [6.45, 7) is 0. The molecule has 0 atom stereocenters. The minimum Gasteiger partial charge on any atom is -0.507 e. The summed E-state index contributed by atoms with van der Waals surface area (Å²) in [7, 11) is 2.92. The second-order valence-corrected chi connectivity index (χ2v) is 7.84. The van der Waals surface area contributed by atoms with Crippen molar-refractivity contribution in [3.05, 3.63) is 104 Å². The van der Waals surface area contributed by atoms with E-state index in [4.69, 9.17) is 18.3 Å². The van der Waals surface area contributed by atoms with Crippen LogP contribution in [-0.4, -0.2) is 24.4 Å². The molecule has 0 radical (unpaired) electrons. The van der Waals surface area contributed by atoms with Crippen LogP contribution in [-0.2, 0) is 0 Å². The van der Waals surface area contributed by atoms with Gasteiger partial charge < -0.3 is 28.5 Å². The Morgan fingerprint density at radius 3 is 1.66 bits per heavy atom. The predicted molar refractivity (Wildman–Crippen MR) is 129 cm³/mol. The number of methoxy groups -OCH3 is 2. The molecule has 0 saturated heterocycles. The first-order valence-electron chi connectivity index (χ1n) is 10.7. The summed E-state index contributed by atoms with van der Waals surface area (Å²) in [5.41, 5.74) is -1.47. The number of hydrogen-bond donors (Lipinski definition) is 2. The highest BCUT2D eigenvalue weighted by Gasteiger charge is 2.33. The van der Waals surface area contributed by atoms with Crippen molar-refractivity contribution in [1.82, 2.24) is 0 Å². The maximum absolute atomic E-state index is 13.2. The fourth-order valence-electron chi connectivity index (χ4n) is 4.31. The van der Waals surface area contributed by atoms with Gasteiger partial charge in [0.1, 0.15) is 22.7 Å². The fourth-order valence-corrected chi connectivity index (χ4v) is 4.31. The van der Waals surface area contributed by atoms with Gasteiger partial charge >= 0.3 is 11.3 Å². The molecule has 5 rings (SSSR count). The summed E-state index contributed by atoms with van der Waals surface area (Å²) in [6.07, 6.45) is 0. The Balaban J connectivity index is 1.91. The first-order chi connectivity index (χ1) is 16.9. The molecule has 176 valence electrons. The number of benzene rings is 3. The Bertz CT molecular complexity index is 1600. The van der Waals surface area contributed by atoms with Gasteiger partial charge in [0.25, 0.3) is 0 Å². The van der Waals surface area contributed by atoms with Gasteiger partial charge in [0, 0.05) is 0 Å². The van der Waals surface area contributed by atoms with Gasteiger partial charge in [0.05, 0.1) is 42.0 Å². The number of rotatable bonds is 5. The van der Waals surface area contributed by atoms with Crippen molar-refractivity contribution < 1.29 is 28.5 Å². The molecule has 0 amide bonds. The molecule has 0 aliphatic carbocycles. The van der Waals surface area contributed by atoms with E-state index < -0.39 is 17.2 Å². The predicted octanol–water partition coefficient (Wildman–Crippen LogP) is 4.51. The molecule has 2 heterocycles. The van der Waals surface area contributed by atoms with Gasteiger partial charge in [0.15, 0.2) is 11.5 Å². The van der Waals surface area contributed by atoms with Crippen molar-refractivity contribution in [3.8, 4) is 23.0 Å². The Morgan fingerprint density at radius 2 is 1.17 bits per heavy atom. The first kappa shape index (κ1) is 22.1. The summed E-state index contributed by atoms with van der Waals surface area (Å²) < 4.78 is 21.7. The van der Waals surface area contributed by atoms with E-state index >= 15 is 0 Å². The summed E-state index contributed by atoms with van der Waals surface area (Å²) in [6, 6.07) is 17.7. The zero-order chi connectivity index (χ0) is 24.7. The maximum atomic E-state index is 13.2. The fraction of sp³-hybridized carbons (Fsp3) is 0.111. The van der Waals surface area contributed by atoms with Crippen molar-refractivity contribution in [1.29, 1.82) is 0 Å². The zero-order valence-electron chi connectivity index (χ0n) is 18.8. The van der Waals surface area contributed by atoms with Crippen molar-refractivity contribution in [2.24, 2.45) is 0 Å². The highest BCUT2D eigenvalue weighted by Crippen LogP contribution is 2.43. The monoisotopic (exact) mass is 472 g/mol. The van der Waals surface area contributed by atoms with Crippen LogP contribution in [0.1, 0.15) is 22.6 Å². The van der Waals surface area contributed by atoms with Gasteiger partial charge in [-0.2, -0.15) is 0 Å². The highest BCUT2D eigenvalue weighted by atomic mass is 16.5. The van der Waals surface area contributed by atoms with E-state index in [-0.39, 0.29) is 44.6 Å². The standard InChI is InChI=1S/C27H20O8/c1-32-19-12-11-14(13-20(19)33-2)21(22-24(28)15-7-3-5-9-17(15)34-26(22)30)23-25(29)16-8-4-6-10-18(16)35-27(23)31/h3-13,21,28-29H,1-2H3. The van der Waals surface area contributed by atoms with E-state index in [0.29, 0.717) is 17.1 Å². The van der Waals surface area contributed by atoms with Crippen LogP contribution in [0.4, 0.5) is 0 Å². The third-order valence-corrected chi connectivity index (χ3v) is 5.96. The topological polar surface area (TPSA) is 119 Å². The van der Waals surface area contributed by atoms with E-state index in [1.807, 2.05) is 0 Å². The van der Waals surface area contributed by atoms with Gasteiger partial charge in [0.2, 0.25) is 0 Å². The minimum atomic E-state index is -1.25. The highest BCUT2D eigenvalue weighted by molar-refractivity contribution is 5.87. The smallest absolute Gasteiger partial charge is 0.344 e. The SMILES string of the molecule is COc1ccc(C(c2c(O)c3ccccc3oc2=O)c2c(O)c3ccccc3oc2=O)cc1OC. The van der Waals surface area contributed by atoms with Crippen molar-refractivity contribution in [3.63, 3.8) is 0 Å². The van der Waals surface area contributed by atoms with Gasteiger partial charge in [-0.05, 0) is 42.0 Å². The molecule has 8 heteroatoms. The number of ether oxygens (including phenoxy) is 2. The Kier molecular flexibility index (Phi) is 5.41. The molecule has 3 aromatic carbocycles. The molecule has 2 N–H and O–H groups in total. The summed E-state index contributed by atoms with van der Waals surface area (Å²) in [5, 5.41) is 23.0. The van der Waals surface area contributed by atoms with Crippen LogP contribution in [0.2, 0.25) is 0 Å². The van der Waals surface area contributed by atoms with E-state index in [0.717, 1.165) is 0 Å². The molecule has 0 saturated carbocycles. The molecule has 0 fully saturated rings. The largest absolute Gasteiger partial charge is 0.507 e. The molecule has 2 aromatic heterocycles. The third-order valence-electron chi connectivity index (χ3n) is 5.96. The van der Waals surface area contributed by atoms with E-state index in [1.54, 1.807) is 66.7 Å². The van der Waals surface area contributed by atoms with Gasteiger partial charge in [-0.25, -0.2) is 9.59 Å². The van der Waals surface area contributed by atoms with E-state index in [2.05, 4.69) is 0 Å². The number of aromatic hydroxyl groups is 2. The molecule has 0 spiro atoms. The molecular formula is C27H20O8. The molecular weight excluding hydrogens is 452 g/mol. The lowest BCUT2D eigenvalue weighted by Crippen LogP contribution is -2.21. The van der Waals surface area contributed by atoms with Crippen LogP contribution >= 0.6 is 0 Å². The van der Waals surface area contributed by atoms with Crippen molar-refractivity contribution in [2.45, 2.75) is 5.92 Å². The van der Waals surface area contributed by atoms with E-state index in [1.165, 1.54) is 14.2 Å². The lowest BCUT2D eigenvalue weighted by Gasteiger charge is -2.20.